The number of hydrogen-bond donors (Lipinski definition) is 3. The molecule has 0 aliphatic carbocycles. The third-order valence-electron chi connectivity index (χ3n) is 5.62. The molecule has 10 heteroatoms. The van der Waals surface area contributed by atoms with Crippen LogP contribution < -0.4 is 16.0 Å². The second-order valence-corrected chi connectivity index (χ2v) is 8.32. The van der Waals surface area contributed by atoms with E-state index < -0.39 is 0 Å². The summed E-state index contributed by atoms with van der Waals surface area (Å²) in [5.41, 5.74) is 3.54. The molecule has 0 spiro atoms. The molecule has 2 heterocycles. The lowest BCUT2D eigenvalue weighted by Gasteiger charge is -2.22. The summed E-state index contributed by atoms with van der Waals surface area (Å²) in [6, 6.07) is 14.7. The molecular formula is C25H41Br4N5O. The molecule has 3 N–H and O–H groups in total. The van der Waals surface area contributed by atoms with Crippen molar-refractivity contribution in [3.63, 3.8) is 0 Å². The second-order valence-electron chi connectivity index (χ2n) is 8.32. The van der Waals surface area contributed by atoms with Gasteiger partial charge in [0, 0.05) is 45.5 Å². The number of amides is 1. The van der Waals surface area contributed by atoms with Crippen molar-refractivity contribution in [2.75, 3.05) is 32.7 Å². The van der Waals surface area contributed by atoms with Crippen LogP contribution in [0.3, 0.4) is 0 Å². The Morgan fingerprint density at radius 3 is 2.20 bits per heavy atom. The van der Waals surface area contributed by atoms with Crippen molar-refractivity contribution in [2.24, 2.45) is 0 Å². The topological polar surface area (TPSA) is 69.3 Å². The first-order chi connectivity index (χ1) is 15.3. The Morgan fingerprint density at radius 1 is 0.800 bits per heavy atom. The molecule has 0 unspecified atom stereocenters. The van der Waals surface area contributed by atoms with E-state index >= 15 is 0 Å². The zero-order chi connectivity index (χ0) is 21.6. The van der Waals surface area contributed by atoms with Gasteiger partial charge in [0.2, 0.25) is 5.91 Å². The Labute approximate surface area is 252 Å². The third-order valence-corrected chi connectivity index (χ3v) is 5.62. The fraction of sp³-hybridized carbons (Fsp3) is 0.520. The lowest BCUT2D eigenvalue weighted by molar-refractivity contribution is -0.122. The largest absolute Gasteiger partial charge is 0.355 e. The summed E-state index contributed by atoms with van der Waals surface area (Å²) in [7, 11) is 0. The van der Waals surface area contributed by atoms with Gasteiger partial charge in [-0.1, -0.05) is 49.6 Å². The van der Waals surface area contributed by atoms with Crippen molar-refractivity contribution >= 4 is 73.8 Å². The number of aromatic nitrogens is 1. The van der Waals surface area contributed by atoms with Crippen molar-refractivity contribution in [1.82, 2.24) is 25.8 Å². The summed E-state index contributed by atoms with van der Waals surface area (Å²) in [4.78, 5) is 18.9. The van der Waals surface area contributed by atoms with Gasteiger partial charge in [-0.15, -0.1) is 67.9 Å². The molecule has 1 aromatic heterocycles. The Bertz CT molecular complexity index is 768. The van der Waals surface area contributed by atoms with Gasteiger partial charge >= 0.3 is 0 Å². The Morgan fingerprint density at radius 2 is 1.49 bits per heavy atom. The molecule has 1 aromatic carbocycles. The molecular weight excluding hydrogens is 706 g/mol. The standard InChI is InChI=1S/C25H37N5O.4BrH/c31-25-21-30(17-16-26-13-5-2-1-3-6-15-29-25)20-23-11-9-22(10-12-23)18-27-19-24-8-4-7-14-28-24;;;;/h4,7-12,14,26-27H,1-3,5-6,13,15-21H2,(H,29,31);4*1H. The Balaban J connectivity index is 0. The first-order valence-electron chi connectivity index (χ1n) is 11.7. The molecule has 1 saturated heterocycles. The molecule has 0 saturated carbocycles. The average Bonchev–Trinajstić information content (AvgIpc) is 2.79. The number of carbonyl (C=O) groups is 1. The molecule has 0 radical (unpaired) electrons. The monoisotopic (exact) mass is 743 g/mol. The lowest BCUT2D eigenvalue weighted by atomic mass is 10.1. The van der Waals surface area contributed by atoms with E-state index in [9.17, 15) is 4.79 Å². The summed E-state index contributed by atoms with van der Waals surface area (Å²) in [5, 5.41) is 10.1. The number of benzene rings is 1. The Kier molecular flexibility index (Phi) is 24.0. The number of nitrogens with zero attached hydrogens (tertiary/aromatic N) is 2. The minimum atomic E-state index is 0. The van der Waals surface area contributed by atoms with Crippen molar-refractivity contribution in [1.29, 1.82) is 0 Å². The molecule has 0 bridgehead atoms. The van der Waals surface area contributed by atoms with Crippen LogP contribution >= 0.6 is 67.9 Å². The van der Waals surface area contributed by atoms with E-state index in [0.29, 0.717) is 6.54 Å². The number of pyridine rings is 1. The maximum absolute atomic E-state index is 12.4. The van der Waals surface area contributed by atoms with Gasteiger partial charge in [-0.05, 0) is 42.6 Å². The van der Waals surface area contributed by atoms with E-state index in [1.54, 1.807) is 0 Å². The number of halogens is 4. The number of rotatable bonds is 6. The second kappa shape index (κ2) is 22.8. The molecule has 35 heavy (non-hydrogen) atoms. The van der Waals surface area contributed by atoms with Gasteiger partial charge in [0.05, 0.1) is 12.2 Å². The first-order valence-corrected chi connectivity index (χ1v) is 11.7. The van der Waals surface area contributed by atoms with Crippen LogP contribution in [0.1, 0.15) is 48.9 Å². The highest BCUT2D eigenvalue weighted by Gasteiger charge is 2.11. The molecule has 200 valence electrons. The quantitative estimate of drug-likeness (QED) is 0.382. The van der Waals surface area contributed by atoms with Gasteiger partial charge in [0.1, 0.15) is 0 Å². The summed E-state index contributed by atoms with van der Waals surface area (Å²) in [6.45, 7) is 6.48. The highest BCUT2D eigenvalue weighted by atomic mass is 79.9. The van der Waals surface area contributed by atoms with Crippen LogP contribution in [0.4, 0.5) is 0 Å². The molecule has 2 aromatic rings. The van der Waals surface area contributed by atoms with Gasteiger partial charge < -0.3 is 16.0 Å². The molecule has 1 aliphatic heterocycles. The van der Waals surface area contributed by atoms with Crippen LogP contribution in [-0.2, 0) is 24.4 Å². The minimum Gasteiger partial charge on any atom is -0.355 e. The van der Waals surface area contributed by atoms with Gasteiger partial charge in [-0.3, -0.25) is 14.7 Å². The Hall–Kier alpha value is -0.360. The van der Waals surface area contributed by atoms with Gasteiger partial charge in [-0.2, -0.15) is 0 Å². The zero-order valence-electron chi connectivity index (χ0n) is 20.2. The van der Waals surface area contributed by atoms with Crippen LogP contribution in [-0.4, -0.2) is 48.5 Å². The minimum absolute atomic E-state index is 0. The molecule has 1 amide bonds. The summed E-state index contributed by atoms with van der Waals surface area (Å²) < 4.78 is 0. The fourth-order valence-corrected chi connectivity index (χ4v) is 3.83. The molecule has 0 atom stereocenters. The summed E-state index contributed by atoms with van der Waals surface area (Å²) >= 11 is 0. The predicted octanol–water partition coefficient (Wildman–Crippen LogP) is 5.15. The number of nitrogens with one attached hydrogen (secondary N) is 3. The molecule has 3 rings (SSSR count). The number of carbonyl (C=O) groups excluding carboxylic acids is 1. The highest BCUT2D eigenvalue weighted by Crippen LogP contribution is 2.09. The van der Waals surface area contributed by atoms with Crippen molar-refractivity contribution in [2.45, 2.75) is 51.7 Å². The third kappa shape index (κ3) is 16.2. The average molecular weight is 747 g/mol. The first kappa shape index (κ1) is 36.8. The summed E-state index contributed by atoms with van der Waals surface area (Å²) in [5.74, 6) is 0.132. The van der Waals surface area contributed by atoms with Crippen LogP contribution in [0, 0.1) is 0 Å². The smallest absolute Gasteiger partial charge is 0.234 e. The van der Waals surface area contributed by atoms with Gasteiger partial charge in [-0.25, -0.2) is 0 Å². The normalized spacial score (nSPS) is 15.6. The van der Waals surface area contributed by atoms with Crippen molar-refractivity contribution < 1.29 is 4.79 Å². The SMILES string of the molecule is Br.Br.Br.Br.O=C1CN(Cc2ccc(CNCc3ccccn3)cc2)CCNCCCCCCCN1. The van der Waals surface area contributed by atoms with E-state index in [1.165, 1.54) is 36.8 Å². The van der Waals surface area contributed by atoms with E-state index in [1.807, 2.05) is 24.4 Å². The van der Waals surface area contributed by atoms with E-state index in [0.717, 1.165) is 57.9 Å². The van der Waals surface area contributed by atoms with Crippen LogP contribution in [0.5, 0.6) is 0 Å². The van der Waals surface area contributed by atoms with Crippen LogP contribution in [0.2, 0.25) is 0 Å². The van der Waals surface area contributed by atoms with Gasteiger partial charge in [0.15, 0.2) is 0 Å². The van der Waals surface area contributed by atoms with E-state index in [2.05, 4.69) is 50.1 Å². The lowest BCUT2D eigenvalue weighted by Crippen LogP contribution is -2.40. The maximum Gasteiger partial charge on any atom is 0.234 e. The van der Waals surface area contributed by atoms with Crippen LogP contribution in [0.25, 0.3) is 0 Å². The van der Waals surface area contributed by atoms with Crippen LogP contribution in [0.15, 0.2) is 48.7 Å². The highest BCUT2D eigenvalue weighted by molar-refractivity contribution is 8.93. The predicted molar refractivity (Wildman–Crippen MR) is 167 cm³/mol. The van der Waals surface area contributed by atoms with Gasteiger partial charge in [0.25, 0.3) is 0 Å². The van der Waals surface area contributed by atoms with E-state index in [-0.39, 0.29) is 73.8 Å². The van der Waals surface area contributed by atoms with Crippen molar-refractivity contribution in [3.05, 3.63) is 65.5 Å². The number of hydrogen-bond acceptors (Lipinski definition) is 5. The molecule has 1 aliphatic rings. The molecule has 6 nitrogen and oxygen atoms in total. The summed E-state index contributed by atoms with van der Waals surface area (Å²) in [6.07, 6.45) is 7.87. The zero-order valence-corrected chi connectivity index (χ0v) is 27.1. The van der Waals surface area contributed by atoms with E-state index in [4.69, 9.17) is 0 Å². The molecule has 1 fully saturated rings. The maximum atomic E-state index is 12.4. The fourth-order valence-electron chi connectivity index (χ4n) is 3.83. The van der Waals surface area contributed by atoms with Crippen molar-refractivity contribution in [3.8, 4) is 0 Å².